The van der Waals surface area contributed by atoms with E-state index < -0.39 is 4.92 Å². The van der Waals surface area contributed by atoms with Crippen LogP contribution in [0.15, 0.2) is 47.4 Å². The van der Waals surface area contributed by atoms with Crippen molar-refractivity contribution in [1.29, 1.82) is 0 Å². The molecule has 0 spiro atoms. The zero-order valence-corrected chi connectivity index (χ0v) is 14.7. The highest BCUT2D eigenvalue weighted by atomic mass is 32.2. The Kier molecular flexibility index (Phi) is 4.09. The van der Waals surface area contributed by atoms with Crippen LogP contribution in [0.2, 0.25) is 0 Å². The van der Waals surface area contributed by atoms with Gasteiger partial charge in [0.1, 0.15) is 0 Å². The van der Waals surface area contributed by atoms with Crippen LogP contribution in [0.25, 0.3) is 6.08 Å². The van der Waals surface area contributed by atoms with Gasteiger partial charge in [0.05, 0.1) is 15.5 Å². The summed E-state index contributed by atoms with van der Waals surface area (Å²) in [6.45, 7) is 0.174. The van der Waals surface area contributed by atoms with Crippen LogP contribution in [0.3, 0.4) is 0 Å². The first-order valence-electron chi connectivity index (χ1n) is 7.45. The number of nitro groups is 1. The molecule has 0 atom stereocenters. The number of fused-ring (bicyclic) bond motifs is 1. The predicted octanol–water partition coefficient (Wildman–Crippen LogP) is 3.73. The first kappa shape index (κ1) is 16.6. The standard InChI is InChI=1S/C17H10N2O5S2/c20-16-15(7-10-4-5-13-14(6-10)24-9-23-13)26-17(25)18(16)11-2-1-3-12(8-11)19(21)22/h1-8H,9H2/b15-7+. The molecular weight excluding hydrogens is 376 g/mol. The van der Waals surface area contributed by atoms with Crippen molar-refractivity contribution in [2.24, 2.45) is 0 Å². The number of thioether (sulfide) groups is 1. The first-order valence-corrected chi connectivity index (χ1v) is 8.67. The van der Waals surface area contributed by atoms with Crippen LogP contribution in [-0.4, -0.2) is 21.9 Å². The second-order valence-corrected chi connectivity index (χ2v) is 7.08. The maximum Gasteiger partial charge on any atom is 0.271 e. The largest absolute Gasteiger partial charge is 0.454 e. The van der Waals surface area contributed by atoms with Gasteiger partial charge in [0.15, 0.2) is 15.8 Å². The predicted molar refractivity (Wildman–Crippen MR) is 101 cm³/mol. The van der Waals surface area contributed by atoms with Crippen molar-refractivity contribution >= 4 is 51.7 Å². The van der Waals surface area contributed by atoms with Crippen LogP contribution in [-0.2, 0) is 4.79 Å². The number of hydrogen-bond acceptors (Lipinski definition) is 7. The summed E-state index contributed by atoms with van der Waals surface area (Å²) >= 11 is 6.44. The van der Waals surface area contributed by atoms with Gasteiger partial charge in [-0.05, 0) is 29.8 Å². The summed E-state index contributed by atoms with van der Waals surface area (Å²) in [4.78, 5) is 24.9. The van der Waals surface area contributed by atoms with Crippen molar-refractivity contribution in [1.82, 2.24) is 0 Å². The minimum atomic E-state index is -0.510. The molecule has 7 nitrogen and oxygen atoms in total. The molecule has 1 saturated heterocycles. The minimum Gasteiger partial charge on any atom is -0.454 e. The van der Waals surface area contributed by atoms with Crippen LogP contribution >= 0.6 is 24.0 Å². The highest BCUT2D eigenvalue weighted by molar-refractivity contribution is 8.27. The molecule has 1 amide bonds. The number of anilines is 1. The zero-order valence-electron chi connectivity index (χ0n) is 13.1. The molecule has 2 aliphatic rings. The molecule has 0 N–H and O–H groups in total. The lowest BCUT2D eigenvalue weighted by atomic mass is 10.2. The number of amides is 1. The minimum absolute atomic E-state index is 0.101. The summed E-state index contributed by atoms with van der Waals surface area (Å²) in [5.41, 5.74) is 1.04. The van der Waals surface area contributed by atoms with Crippen LogP contribution in [0.5, 0.6) is 11.5 Å². The topological polar surface area (TPSA) is 81.9 Å². The molecule has 1 fully saturated rings. The Hall–Kier alpha value is -2.91. The number of carbonyl (C=O) groups is 1. The van der Waals surface area contributed by atoms with Crippen LogP contribution in [0.1, 0.15) is 5.56 Å². The Morgan fingerprint density at radius 1 is 1.19 bits per heavy atom. The van der Waals surface area contributed by atoms with E-state index in [1.807, 2.05) is 6.07 Å². The highest BCUT2D eigenvalue weighted by Gasteiger charge is 2.34. The second kappa shape index (κ2) is 6.43. The molecule has 0 aliphatic carbocycles. The number of benzene rings is 2. The highest BCUT2D eigenvalue weighted by Crippen LogP contribution is 2.38. The van der Waals surface area contributed by atoms with E-state index in [4.69, 9.17) is 21.7 Å². The molecule has 26 heavy (non-hydrogen) atoms. The first-order chi connectivity index (χ1) is 12.5. The Balaban J connectivity index is 1.65. The molecule has 4 rings (SSSR count). The van der Waals surface area contributed by atoms with Gasteiger partial charge >= 0.3 is 0 Å². The number of ether oxygens (including phenoxy) is 2. The monoisotopic (exact) mass is 386 g/mol. The van der Waals surface area contributed by atoms with Crippen LogP contribution < -0.4 is 14.4 Å². The number of rotatable bonds is 3. The third-order valence-corrected chi connectivity index (χ3v) is 5.09. The Morgan fingerprint density at radius 2 is 2.00 bits per heavy atom. The molecule has 0 radical (unpaired) electrons. The maximum atomic E-state index is 12.8. The lowest BCUT2D eigenvalue weighted by Crippen LogP contribution is -2.27. The van der Waals surface area contributed by atoms with E-state index in [1.165, 1.54) is 23.1 Å². The van der Waals surface area contributed by atoms with Crippen molar-refractivity contribution in [3.63, 3.8) is 0 Å². The van der Waals surface area contributed by atoms with Gasteiger partial charge < -0.3 is 9.47 Å². The van der Waals surface area contributed by atoms with E-state index >= 15 is 0 Å². The van der Waals surface area contributed by atoms with Gasteiger partial charge in [-0.15, -0.1) is 0 Å². The van der Waals surface area contributed by atoms with Crippen molar-refractivity contribution in [2.75, 3.05) is 11.7 Å². The van der Waals surface area contributed by atoms with Crippen LogP contribution in [0, 0.1) is 10.1 Å². The lowest BCUT2D eigenvalue weighted by molar-refractivity contribution is -0.384. The van der Waals surface area contributed by atoms with Crippen molar-refractivity contribution in [3.8, 4) is 11.5 Å². The summed E-state index contributed by atoms with van der Waals surface area (Å²) in [7, 11) is 0. The van der Waals surface area contributed by atoms with Gasteiger partial charge in [0, 0.05) is 12.1 Å². The molecule has 0 saturated carbocycles. The third-order valence-electron chi connectivity index (χ3n) is 3.79. The molecule has 2 aromatic carbocycles. The summed E-state index contributed by atoms with van der Waals surface area (Å²) in [6, 6.07) is 11.2. The van der Waals surface area contributed by atoms with Crippen molar-refractivity contribution in [3.05, 3.63) is 63.0 Å². The van der Waals surface area contributed by atoms with E-state index in [0.29, 0.717) is 26.4 Å². The van der Waals surface area contributed by atoms with Gasteiger partial charge in [-0.3, -0.25) is 19.8 Å². The normalized spacial score (nSPS) is 17.2. The van der Waals surface area contributed by atoms with E-state index in [-0.39, 0.29) is 18.4 Å². The summed E-state index contributed by atoms with van der Waals surface area (Å²) in [5.74, 6) is 0.956. The molecule has 0 unspecified atom stereocenters. The fraction of sp³-hybridized carbons (Fsp3) is 0.0588. The molecule has 0 bridgehead atoms. The SMILES string of the molecule is O=C1/C(=C\c2ccc3c(c2)OCO3)SC(=S)N1c1cccc([N+](=O)[O-])c1. The van der Waals surface area contributed by atoms with Crippen molar-refractivity contribution in [2.45, 2.75) is 0 Å². The van der Waals surface area contributed by atoms with Gasteiger partial charge in [-0.2, -0.15) is 0 Å². The maximum absolute atomic E-state index is 12.8. The second-order valence-electron chi connectivity index (χ2n) is 5.41. The van der Waals surface area contributed by atoms with Gasteiger partial charge in [0.25, 0.3) is 11.6 Å². The molecule has 2 heterocycles. The number of thiocarbonyl (C=S) groups is 1. The number of nitro benzene ring substituents is 1. The van der Waals surface area contributed by atoms with Crippen molar-refractivity contribution < 1.29 is 19.2 Å². The van der Waals surface area contributed by atoms with Gasteiger partial charge in [0.2, 0.25) is 6.79 Å². The number of non-ortho nitro benzene ring substituents is 1. The molecule has 9 heteroatoms. The van der Waals surface area contributed by atoms with E-state index in [2.05, 4.69) is 0 Å². The molecule has 2 aliphatic heterocycles. The van der Waals surface area contributed by atoms with E-state index in [0.717, 1.165) is 17.3 Å². The Morgan fingerprint density at radius 3 is 2.81 bits per heavy atom. The summed E-state index contributed by atoms with van der Waals surface area (Å²) < 4.78 is 10.9. The molecular formula is C17H10N2O5S2. The Bertz CT molecular complexity index is 989. The molecule has 0 aromatic heterocycles. The summed E-state index contributed by atoms with van der Waals surface area (Å²) in [6.07, 6.45) is 1.71. The molecule has 130 valence electrons. The molecule has 2 aromatic rings. The number of nitrogens with zero attached hydrogens (tertiary/aromatic N) is 2. The number of hydrogen-bond donors (Lipinski definition) is 0. The quantitative estimate of drug-likeness (QED) is 0.344. The zero-order chi connectivity index (χ0) is 18.3. The number of carbonyl (C=O) groups excluding carboxylic acids is 1. The van der Waals surface area contributed by atoms with Gasteiger partial charge in [-0.25, -0.2) is 0 Å². The lowest BCUT2D eigenvalue weighted by Gasteiger charge is -2.13. The smallest absolute Gasteiger partial charge is 0.271 e. The third kappa shape index (κ3) is 2.91. The fourth-order valence-corrected chi connectivity index (χ4v) is 3.89. The van der Waals surface area contributed by atoms with Crippen LogP contribution in [0.4, 0.5) is 11.4 Å². The van der Waals surface area contributed by atoms with E-state index in [9.17, 15) is 14.9 Å². The summed E-state index contributed by atoms with van der Waals surface area (Å²) in [5, 5.41) is 11.0. The Labute approximate surface area is 157 Å². The average molecular weight is 386 g/mol. The average Bonchev–Trinajstić information content (AvgIpc) is 3.19. The van der Waals surface area contributed by atoms with Gasteiger partial charge in [-0.1, -0.05) is 36.1 Å². The fourth-order valence-electron chi connectivity index (χ4n) is 2.59. The van der Waals surface area contributed by atoms with E-state index in [1.54, 1.807) is 24.3 Å².